The molecule has 1 atom stereocenters. The number of nitrogens with one attached hydrogen (secondary N) is 1. The largest absolute Gasteiger partial charge is 0.339 e. The summed E-state index contributed by atoms with van der Waals surface area (Å²) in [7, 11) is 0. The zero-order valence-corrected chi connectivity index (χ0v) is 13.8. The van der Waals surface area contributed by atoms with Gasteiger partial charge in [-0.3, -0.25) is 14.4 Å². The molecule has 1 N–H and O–H groups in total. The number of hydrogen-bond acceptors (Lipinski definition) is 3. The van der Waals surface area contributed by atoms with Gasteiger partial charge in [-0.25, -0.2) is 0 Å². The molecule has 23 heavy (non-hydrogen) atoms. The van der Waals surface area contributed by atoms with Gasteiger partial charge in [-0.2, -0.15) is 0 Å². The number of piperidine rings is 1. The minimum atomic E-state index is -0.314. The Kier molecular flexibility index (Phi) is 5.90. The molecule has 0 saturated carbocycles. The number of rotatable bonds is 5. The fourth-order valence-electron chi connectivity index (χ4n) is 2.99. The minimum Gasteiger partial charge on any atom is -0.339 e. The van der Waals surface area contributed by atoms with Crippen LogP contribution < -0.4 is 5.32 Å². The van der Waals surface area contributed by atoms with E-state index in [1.54, 1.807) is 24.3 Å². The first-order chi connectivity index (χ1) is 11.0. The maximum atomic E-state index is 12.3. The van der Waals surface area contributed by atoms with Crippen LogP contribution in [0.25, 0.3) is 0 Å². The summed E-state index contributed by atoms with van der Waals surface area (Å²) in [5.74, 6) is -0.436. The van der Waals surface area contributed by atoms with Gasteiger partial charge >= 0.3 is 0 Å². The number of benzene rings is 1. The van der Waals surface area contributed by atoms with Crippen LogP contribution in [0.5, 0.6) is 0 Å². The topological polar surface area (TPSA) is 66.5 Å². The Morgan fingerprint density at radius 3 is 2.48 bits per heavy atom. The summed E-state index contributed by atoms with van der Waals surface area (Å²) in [5.41, 5.74) is 1.19. The third-order valence-electron chi connectivity index (χ3n) is 4.31. The van der Waals surface area contributed by atoms with E-state index in [0.717, 1.165) is 32.2 Å². The molecule has 5 nitrogen and oxygen atoms in total. The Bertz CT molecular complexity index is 580. The van der Waals surface area contributed by atoms with Crippen molar-refractivity contribution < 1.29 is 14.4 Å². The van der Waals surface area contributed by atoms with Crippen molar-refractivity contribution in [2.75, 3.05) is 11.9 Å². The van der Waals surface area contributed by atoms with E-state index >= 15 is 0 Å². The lowest BCUT2D eigenvalue weighted by atomic mass is 9.99. The Morgan fingerprint density at radius 1 is 1.17 bits per heavy atom. The molecule has 0 bridgehead atoms. The van der Waals surface area contributed by atoms with Crippen LogP contribution in [0.15, 0.2) is 24.3 Å². The second-order valence-corrected chi connectivity index (χ2v) is 6.00. The summed E-state index contributed by atoms with van der Waals surface area (Å²) in [5, 5.41) is 2.71. The molecule has 124 valence electrons. The molecular weight excluding hydrogens is 292 g/mol. The second kappa shape index (κ2) is 7.90. The summed E-state index contributed by atoms with van der Waals surface area (Å²) in [6.07, 6.45) is 3.98. The van der Waals surface area contributed by atoms with Crippen molar-refractivity contribution in [1.29, 1.82) is 0 Å². The van der Waals surface area contributed by atoms with Crippen LogP contribution in [-0.4, -0.2) is 35.1 Å². The van der Waals surface area contributed by atoms with Gasteiger partial charge in [0, 0.05) is 23.8 Å². The first-order valence-electron chi connectivity index (χ1n) is 8.21. The van der Waals surface area contributed by atoms with Crippen LogP contribution in [-0.2, 0) is 9.59 Å². The lowest BCUT2D eigenvalue weighted by molar-refractivity contribution is -0.137. The Labute approximate surface area is 137 Å². The van der Waals surface area contributed by atoms with Crippen LogP contribution in [0.2, 0.25) is 0 Å². The number of amides is 2. The third-order valence-corrected chi connectivity index (χ3v) is 4.31. The van der Waals surface area contributed by atoms with E-state index in [1.807, 2.05) is 4.90 Å². The predicted octanol–water partition coefficient (Wildman–Crippen LogP) is 3.01. The number of carbonyl (C=O) groups is 3. The molecule has 1 aliphatic heterocycles. The predicted molar refractivity (Wildman–Crippen MR) is 89.3 cm³/mol. The summed E-state index contributed by atoms with van der Waals surface area (Å²) >= 11 is 0. The van der Waals surface area contributed by atoms with E-state index in [9.17, 15) is 14.4 Å². The average molecular weight is 316 g/mol. The van der Waals surface area contributed by atoms with E-state index < -0.39 is 0 Å². The molecule has 0 aromatic heterocycles. The van der Waals surface area contributed by atoms with Crippen molar-refractivity contribution in [3.8, 4) is 0 Å². The van der Waals surface area contributed by atoms with Gasteiger partial charge in [0.1, 0.15) is 6.42 Å². The first-order valence-corrected chi connectivity index (χ1v) is 8.21. The molecule has 0 spiro atoms. The summed E-state index contributed by atoms with van der Waals surface area (Å²) in [6, 6.07) is 6.94. The fraction of sp³-hybridized carbons (Fsp3) is 0.500. The molecule has 1 aromatic rings. The Balaban J connectivity index is 1.90. The van der Waals surface area contributed by atoms with Gasteiger partial charge in [0.05, 0.1) is 0 Å². The van der Waals surface area contributed by atoms with Crippen LogP contribution in [0.1, 0.15) is 56.3 Å². The van der Waals surface area contributed by atoms with Crippen molar-refractivity contribution >= 4 is 23.3 Å². The highest BCUT2D eigenvalue weighted by Gasteiger charge is 2.26. The molecule has 1 heterocycles. The summed E-state index contributed by atoms with van der Waals surface area (Å²) in [6.45, 7) is 4.32. The van der Waals surface area contributed by atoms with Crippen molar-refractivity contribution in [1.82, 2.24) is 4.90 Å². The molecule has 5 heteroatoms. The van der Waals surface area contributed by atoms with Gasteiger partial charge in [0.15, 0.2) is 5.78 Å². The molecule has 1 saturated heterocycles. The quantitative estimate of drug-likeness (QED) is 0.671. The van der Waals surface area contributed by atoms with Gasteiger partial charge in [-0.05, 0) is 56.9 Å². The molecule has 1 aromatic carbocycles. The summed E-state index contributed by atoms with van der Waals surface area (Å²) < 4.78 is 0. The lowest BCUT2D eigenvalue weighted by Gasteiger charge is -2.35. The van der Waals surface area contributed by atoms with Crippen molar-refractivity contribution in [2.45, 2.75) is 52.0 Å². The van der Waals surface area contributed by atoms with E-state index in [4.69, 9.17) is 0 Å². The molecule has 2 amide bonds. The van der Waals surface area contributed by atoms with Gasteiger partial charge in [-0.1, -0.05) is 6.92 Å². The van der Waals surface area contributed by atoms with E-state index in [2.05, 4.69) is 12.2 Å². The summed E-state index contributed by atoms with van der Waals surface area (Å²) in [4.78, 5) is 37.5. The van der Waals surface area contributed by atoms with Crippen molar-refractivity contribution in [2.24, 2.45) is 0 Å². The highest BCUT2D eigenvalue weighted by Crippen LogP contribution is 2.20. The average Bonchev–Trinajstić information content (AvgIpc) is 2.55. The van der Waals surface area contributed by atoms with Gasteiger partial charge in [0.25, 0.3) is 0 Å². The van der Waals surface area contributed by atoms with E-state index in [-0.39, 0.29) is 30.1 Å². The number of carbonyl (C=O) groups excluding carboxylic acids is 3. The number of nitrogens with zero attached hydrogens (tertiary/aromatic N) is 1. The number of ketones is 1. The molecule has 1 aliphatic rings. The van der Waals surface area contributed by atoms with Crippen LogP contribution in [0, 0.1) is 0 Å². The Morgan fingerprint density at radius 2 is 1.87 bits per heavy atom. The molecular formula is C18H24N2O3. The van der Waals surface area contributed by atoms with E-state index in [1.165, 1.54) is 6.92 Å². The van der Waals surface area contributed by atoms with E-state index in [0.29, 0.717) is 11.3 Å². The number of Topliss-reactive ketones (excluding diaryl/α,β-unsaturated/α-hetero) is 1. The first kappa shape index (κ1) is 17.2. The zero-order chi connectivity index (χ0) is 16.8. The molecule has 0 aliphatic carbocycles. The molecule has 0 radical (unpaired) electrons. The normalized spacial score (nSPS) is 17.7. The highest BCUT2D eigenvalue weighted by atomic mass is 16.2. The maximum Gasteiger partial charge on any atom is 0.233 e. The highest BCUT2D eigenvalue weighted by molar-refractivity contribution is 6.04. The molecule has 1 unspecified atom stereocenters. The van der Waals surface area contributed by atoms with Crippen LogP contribution >= 0.6 is 0 Å². The minimum absolute atomic E-state index is 0.0197. The number of hydrogen-bond donors (Lipinski definition) is 1. The van der Waals surface area contributed by atoms with Crippen LogP contribution in [0.4, 0.5) is 5.69 Å². The fourth-order valence-corrected chi connectivity index (χ4v) is 2.99. The molecule has 1 fully saturated rings. The van der Waals surface area contributed by atoms with Crippen molar-refractivity contribution in [3.05, 3.63) is 29.8 Å². The van der Waals surface area contributed by atoms with Gasteiger partial charge in [0.2, 0.25) is 11.8 Å². The monoisotopic (exact) mass is 316 g/mol. The SMILES string of the molecule is CCC1CCCCN1C(=O)CC(=O)Nc1ccc(C(C)=O)cc1. The molecule has 2 rings (SSSR count). The second-order valence-electron chi connectivity index (χ2n) is 6.00. The maximum absolute atomic E-state index is 12.3. The number of likely N-dealkylation sites (tertiary alicyclic amines) is 1. The Hall–Kier alpha value is -2.17. The van der Waals surface area contributed by atoms with Gasteiger partial charge < -0.3 is 10.2 Å². The number of anilines is 1. The zero-order valence-electron chi connectivity index (χ0n) is 13.8. The van der Waals surface area contributed by atoms with Crippen LogP contribution in [0.3, 0.4) is 0 Å². The lowest BCUT2D eigenvalue weighted by Crippen LogP contribution is -2.44. The third kappa shape index (κ3) is 4.65. The van der Waals surface area contributed by atoms with Gasteiger partial charge in [-0.15, -0.1) is 0 Å². The smallest absolute Gasteiger partial charge is 0.233 e. The van der Waals surface area contributed by atoms with Crippen molar-refractivity contribution in [3.63, 3.8) is 0 Å². The standard InChI is InChI=1S/C18H24N2O3/c1-3-16-6-4-5-11-20(16)18(23)12-17(22)19-15-9-7-14(8-10-15)13(2)21/h7-10,16H,3-6,11-12H2,1-2H3,(H,19,22).